The lowest BCUT2D eigenvalue weighted by Gasteiger charge is -2.27. The van der Waals surface area contributed by atoms with E-state index in [4.69, 9.17) is 0 Å². The number of amides is 1. The average molecular weight is 283 g/mol. The van der Waals surface area contributed by atoms with Crippen LogP contribution in [0.1, 0.15) is 24.2 Å². The molecule has 0 aliphatic heterocycles. The molecule has 0 fully saturated rings. The van der Waals surface area contributed by atoms with Gasteiger partial charge in [-0.2, -0.15) is 0 Å². The maximum absolute atomic E-state index is 12.8. The molecule has 110 valence electrons. The van der Waals surface area contributed by atoms with Crippen LogP contribution in [0.2, 0.25) is 0 Å². The largest absolute Gasteiger partial charge is 0.394 e. The Balaban J connectivity index is 2.43. The van der Waals surface area contributed by atoms with E-state index in [1.165, 1.54) is 0 Å². The van der Waals surface area contributed by atoms with Gasteiger partial charge in [-0.3, -0.25) is 4.79 Å². The summed E-state index contributed by atoms with van der Waals surface area (Å²) in [6.45, 7) is 4.32. The number of carbonyl (C=O) groups is 1. The second-order valence-electron chi connectivity index (χ2n) is 5.03. The molecule has 0 heterocycles. The average Bonchev–Trinajstić information content (AvgIpc) is 2.56. The number of likely N-dealkylation sites (N-methyl/N-ethyl adjacent to an activating group) is 1. The minimum atomic E-state index is -0.189. The topological polar surface area (TPSA) is 40.5 Å². The standard InChI is InChI=1S/C18H21NO2/c1-3-19(14(2)13-20)18(21)17-12-8-7-11-16(17)15-9-5-4-6-10-15/h4-12,14,20H,3,13H2,1-2H3. The Bertz CT molecular complexity index is 595. The van der Waals surface area contributed by atoms with Crippen LogP contribution in [0.5, 0.6) is 0 Å². The van der Waals surface area contributed by atoms with Crippen LogP contribution in [-0.2, 0) is 0 Å². The Morgan fingerprint density at radius 3 is 2.33 bits per heavy atom. The summed E-state index contributed by atoms with van der Waals surface area (Å²) in [5.74, 6) is -0.0431. The summed E-state index contributed by atoms with van der Waals surface area (Å²) in [5.41, 5.74) is 2.62. The van der Waals surface area contributed by atoms with Gasteiger partial charge in [0, 0.05) is 12.1 Å². The number of aliphatic hydroxyl groups is 1. The summed E-state index contributed by atoms with van der Waals surface area (Å²) in [7, 11) is 0. The van der Waals surface area contributed by atoms with Crippen molar-refractivity contribution >= 4 is 5.91 Å². The van der Waals surface area contributed by atoms with E-state index in [1.807, 2.05) is 68.4 Å². The van der Waals surface area contributed by atoms with Crippen molar-refractivity contribution in [1.29, 1.82) is 0 Å². The van der Waals surface area contributed by atoms with Crippen LogP contribution in [0.25, 0.3) is 11.1 Å². The van der Waals surface area contributed by atoms with Gasteiger partial charge in [-0.1, -0.05) is 48.5 Å². The molecule has 2 aromatic rings. The third-order valence-corrected chi connectivity index (χ3v) is 3.64. The maximum Gasteiger partial charge on any atom is 0.254 e. The van der Waals surface area contributed by atoms with Gasteiger partial charge in [0.05, 0.1) is 12.6 Å². The van der Waals surface area contributed by atoms with E-state index in [-0.39, 0.29) is 18.6 Å². The van der Waals surface area contributed by atoms with Gasteiger partial charge in [-0.05, 0) is 31.0 Å². The van der Waals surface area contributed by atoms with Gasteiger partial charge in [-0.15, -0.1) is 0 Å². The quantitative estimate of drug-likeness (QED) is 0.915. The number of benzene rings is 2. The molecule has 1 unspecified atom stereocenters. The van der Waals surface area contributed by atoms with Gasteiger partial charge >= 0.3 is 0 Å². The summed E-state index contributed by atoms with van der Waals surface area (Å²) in [4.78, 5) is 14.5. The van der Waals surface area contributed by atoms with E-state index in [2.05, 4.69) is 0 Å². The molecule has 0 radical (unpaired) electrons. The first kappa shape index (κ1) is 15.3. The van der Waals surface area contributed by atoms with Crippen molar-refractivity contribution in [3.05, 3.63) is 60.2 Å². The zero-order valence-corrected chi connectivity index (χ0v) is 12.5. The molecule has 1 amide bonds. The second-order valence-corrected chi connectivity index (χ2v) is 5.03. The van der Waals surface area contributed by atoms with Crippen molar-refractivity contribution in [2.24, 2.45) is 0 Å². The Kier molecular flexibility index (Phi) is 5.12. The van der Waals surface area contributed by atoms with E-state index < -0.39 is 0 Å². The normalized spacial score (nSPS) is 12.0. The van der Waals surface area contributed by atoms with Crippen molar-refractivity contribution in [1.82, 2.24) is 4.90 Å². The van der Waals surface area contributed by atoms with Crippen LogP contribution in [0.4, 0.5) is 0 Å². The third kappa shape index (κ3) is 3.31. The molecule has 3 heteroatoms. The first-order chi connectivity index (χ1) is 10.2. The molecule has 21 heavy (non-hydrogen) atoms. The van der Waals surface area contributed by atoms with E-state index >= 15 is 0 Å². The number of nitrogens with zero attached hydrogens (tertiary/aromatic N) is 1. The van der Waals surface area contributed by atoms with Crippen LogP contribution in [-0.4, -0.2) is 35.1 Å². The Morgan fingerprint density at radius 1 is 1.10 bits per heavy atom. The van der Waals surface area contributed by atoms with Gasteiger partial charge in [-0.25, -0.2) is 0 Å². The van der Waals surface area contributed by atoms with Gasteiger partial charge < -0.3 is 10.0 Å². The lowest BCUT2D eigenvalue weighted by atomic mass is 9.98. The molecule has 0 aliphatic carbocycles. The number of carbonyl (C=O) groups excluding carboxylic acids is 1. The Labute approximate surface area is 125 Å². The first-order valence-electron chi connectivity index (χ1n) is 7.25. The summed E-state index contributed by atoms with van der Waals surface area (Å²) in [6.07, 6.45) is 0. The van der Waals surface area contributed by atoms with Crippen molar-refractivity contribution < 1.29 is 9.90 Å². The van der Waals surface area contributed by atoms with E-state index in [1.54, 1.807) is 4.90 Å². The molecule has 0 aliphatic rings. The van der Waals surface area contributed by atoms with Crippen molar-refractivity contribution in [2.75, 3.05) is 13.2 Å². The molecular formula is C18H21NO2. The minimum Gasteiger partial charge on any atom is -0.394 e. The molecule has 0 saturated heterocycles. The van der Waals surface area contributed by atoms with Crippen LogP contribution >= 0.6 is 0 Å². The van der Waals surface area contributed by atoms with E-state index in [0.717, 1.165) is 11.1 Å². The molecule has 2 rings (SSSR count). The van der Waals surface area contributed by atoms with Gasteiger partial charge in [0.1, 0.15) is 0 Å². The van der Waals surface area contributed by atoms with Crippen LogP contribution < -0.4 is 0 Å². The molecule has 0 bridgehead atoms. The second kappa shape index (κ2) is 7.04. The lowest BCUT2D eigenvalue weighted by molar-refractivity contribution is 0.0633. The first-order valence-corrected chi connectivity index (χ1v) is 7.25. The predicted octanol–water partition coefficient (Wildman–Crippen LogP) is 3.20. The van der Waals surface area contributed by atoms with Gasteiger partial charge in [0.25, 0.3) is 5.91 Å². The molecular weight excluding hydrogens is 262 g/mol. The van der Waals surface area contributed by atoms with Gasteiger partial charge in [0.2, 0.25) is 0 Å². The minimum absolute atomic E-state index is 0.0346. The monoisotopic (exact) mass is 283 g/mol. The smallest absolute Gasteiger partial charge is 0.254 e. The van der Waals surface area contributed by atoms with Crippen LogP contribution in [0.15, 0.2) is 54.6 Å². The highest BCUT2D eigenvalue weighted by molar-refractivity contribution is 6.01. The van der Waals surface area contributed by atoms with Crippen LogP contribution in [0.3, 0.4) is 0 Å². The maximum atomic E-state index is 12.8. The fourth-order valence-electron chi connectivity index (χ4n) is 2.45. The van der Waals surface area contributed by atoms with Gasteiger partial charge in [0.15, 0.2) is 0 Å². The SMILES string of the molecule is CCN(C(=O)c1ccccc1-c1ccccc1)C(C)CO. The lowest BCUT2D eigenvalue weighted by Crippen LogP contribution is -2.40. The summed E-state index contributed by atoms with van der Waals surface area (Å²) < 4.78 is 0. The zero-order valence-electron chi connectivity index (χ0n) is 12.5. The predicted molar refractivity (Wildman–Crippen MR) is 85.1 cm³/mol. The Morgan fingerprint density at radius 2 is 1.71 bits per heavy atom. The highest BCUT2D eigenvalue weighted by Crippen LogP contribution is 2.25. The van der Waals surface area contributed by atoms with E-state index in [9.17, 15) is 9.90 Å². The third-order valence-electron chi connectivity index (χ3n) is 3.64. The highest BCUT2D eigenvalue weighted by Gasteiger charge is 2.21. The fraction of sp³-hybridized carbons (Fsp3) is 0.278. The number of rotatable bonds is 5. The fourth-order valence-corrected chi connectivity index (χ4v) is 2.45. The van der Waals surface area contributed by atoms with Crippen molar-refractivity contribution in [3.8, 4) is 11.1 Å². The van der Waals surface area contributed by atoms with Crippen molar-refractivity contribution in [3.63, 3.8) is 0 Å². The van der Waals surface area contributed by atoms with Crippen LogP contribution in [0, 0.1) is 0 Å². The molecule has 2 aromatic carbocycles. The molecule has 0 spiro atoms. The summed E-state index contributed by atoms with van der Waals surface area (Å²) in [5, 5.41) is 9.32. The molecule has 1 N–H and O–H groups in total. The number of hydrogen-bond donors (Lipinski definition) is 1. The molecule has 0 saturated carbocycles. The highest BCUT2D eigenvalue weighted by atomic mass is 16.3. The molecule has 1 atom stereocenters. The van der Waals surface area contributed by atoms with E-state index in [0.29, 0.717) is 12.1 Å². The zero-order chi connectivity index (χ0) is 15.2. The Hall–Kier alpha value is -2.13. The summed E-state index contributed by atoms with van der Waals surface area (Å²) in [6, 6.07) is 17.3. The number of hydrogen-bond acceptors (Lipinski definition) is 2. The number of aliphatic hydroxyl groups excluding tert-OH is 1. The summed E-state index contributed by atoms with van der Waals surface area (Å²) >= 11 is 0. The molecule has 3 nitrogen and oxygen atoms in total. The molecule has 0 aromatic heterocycles. The van der Waals surface area contributed by atoms with Crippen molar-refractivity contribution in [2.45, 2.75) is 19.9 Å².